The molecule has 3 atom stereocenters. The zero-order valence-corrected chi connectivity index (χ0v) is 12.3. The van der Waals surface area contributed by atoms with Gasteiger partial charge < -0.3 is 14.2 Å². The predicted octanol–water partition coefficient (Wildman–Crippen LogP) is 2.04. The second kappa shape index (κ2) is 5.09. The number of hydrogen-bond donors (Lipinski definition) is 0. The van der Waals surface area contributed by atoms with Crippen molar-refractivity contribution in [2.45, 2.75) is 57.1 Å². The first kappa shape index (κ1) is 13.2. The Kier molecular flexibility index (Phi) is 3.21. The molecule has 1 aliphatic heterocycles. The van der Waals surface area contributed by atoms with E-state index in [1.165, 1.54) is 0 Å². The van der Waals surface area contributed by atoms with Gasteiger partial charge in [0.15, 0.2) is 5.82 Å². The van der Waals surface area contributed by atoms with Crippen molar-refractivity contribution < 1.29 is 14.1 Å². The molecule has 0 N–H and O–H groups in total. The van der Waals surface area contributed by atoms with Gasteiger partial charge in [0.2, 0.25) is 11.8 Å². The van der Waals surface area contributed by atoms with Crippen LogP contribution in [-0.4, -0.2) is 40.2 Å². The SMILES string of the molecule is CCO[C@@H]1C[C@H]1C(=O)N1CCC[C@@H]1c1noc(C2CC2)n1. The average Bonchev–Trinajstić information content (AvgIpc) is 3.36. The lowest BCUT2D eigenvalue weighted by atomic mass is 10.2. The predicted molar refractivity (Wildman–Crippen MR) is 73.5 cm³/mol. The number of amides is 1. The molecule has 0 bridgehead atoms. The maximum absolute atomic E-state index is 12.6. The Hall–Kier alpha value is -1.43. The Morgan fingerprint density at radius 2 is 2.29 bits per heavy atom. The summed E-state index contributed by atoms with van der Waals surface area (Å²) in [7, 11) is 0. The summed E-state index contributed by atoms with van der Waals surface area (Å²) < 4.78 is 10.9. The first-order valence-corrected chi connectivity index (χ1v) is 8.03. The van der Waals surface area contributed by atoms with Crippen LogP contribution in [0, 0.1) is 5.92 Å². The standard InChI is InChI=1S/C15H21N3O3/c1-2-20-12-8-10(12)15(19)18-7-3-4-11(18)13-16-14(21-17-13)9-5-6-9/h9-12H,2-8H2,1H3/t10-,11-,12-/m1/s1. The molecule has 0 unspecified atom stereocenters. The molecule has 114 valence electrons. The first-order valence-electron chi connectivity index (χ1n) is 8.03. The van der Waals surface area contributed by atoms with Crippen molar-refractivity contribution >= 4 is 5.91 Å². The zero-order chi connectivity index (χ0) is 14.4. The highest BCUT2D eigenvalue weighted by molar-refractivity contribution is 5.82. The molecule has 2 aliphatic carbocycles. The molecule has 1 amide bonds. The van der Waals surface area contributed by atoms with E-state index in [0.717, 1.165) is 44.5 Å². The largest absolute Gasteiger partial charge is 0.378 e. The number of likely N-dealkylation sites (tertiary alicyclic amines) is 1. The van der Waals surface area contributed by atoms with E-state index in [2.05, 4.69) is 10.1 Å². The van der Waals surface area contributed by atoms with Crippen LogP contribution in [0.25, 0.3) is 0 Å². The van der Waals surface area contributed by atoms with Crippen LogP contribution in [0.4, 0.5) is 0 Å². The van der Waals surface area contributed by atoms with Gasteiger partial charge in [-0.25, -0.2) is 0 Å². The van der Waals surface area contributed by atoms with Gasteiger partial charge in [0.05, 0.1) is 18.1 Å². The van der Waals surface area contributed by atoms with Gasteiger partial charge in [-0.2, -0.15) is 4.98 Å². The van der Waals surface area contributed by atoms with Gasteiger partial charge in [0, 0.05) is 19.1 Å². The third kappa shape index (κ3) is 2.46. The molecule has 1 saturated heterocycles. The summed E-state index contributed by atoms with van der Waals surface area (Å²) in [5, 5.41) is 4.12. The summed E-state index contributed by atoms with van der Waals surface area (Å²) in [6.07, 6.45) is 5.21. The van der Waals surface area contributed by atoms with Crippen LogP contribution in [0.2, 0.25) is 0 Å². The summed E-state index contributed by atoms with van der Waals surface area (Å²) in [6.45, 7) is 3.44. The average molecular weight is 291 g/mol. The van der Waals surface area contributed by atoms with Crippen molar-refractivity contribution in [3.8, 4) is 0 Å². The quantitative estimate of drug-likeness (QED) is 0.830. The lowest BCUT2D eigenvalue weighted by molar-refractivity contribution is -0.134. The van der Waals surface area contributed by atoms with Crippen LogP contribution in [0.5, 0.6) is 0 Å². The summed E-state index contributed by atoms with van der Waals surface area (Å²) >= 11 is 0. The fourth-order valence-corrected chi connectivity index (χ4v) is 3.22. The van der Waals surface area contributed by atoms with Crippen LogP contribution in [0.15, 0.2) is 4.52 Å². The van der Waals surface area contributed by atoms with Gasteiger partial charge in [-0.3, -0.25) is 4.79 Å². The lowest BCUT2D eigenvalue weighted by Crippen LogP contribution is -2.33. The van der Waals surface area contributed by atoms with Crippen molar-refractivity contribution in [3.63, 3.8) is 0 Å². The van der Waals surface area contributed by atoms with E-state index >= 15 is 0 Å². The van der Waals surface area contributed by atoms with Crippen LogP contribution in [-0.2, 0) is 9.53 Å². The zero-order valence-electron chi connectivity index (χ0n) is 12.3. The van der Waals surface area contributed by atoms with E-state index in [-0.39, 0.29) is 24.0 Å². The maximum Gasteiger partial charge on any atom is 0.229 e. The van der Waals surface area contributed by atoms with E-state index in [0.29, 0.717) is 18.3 Å². The maximum atomic E-state index is 12.6. The summed E-state index contributed by atoms with van der Waals surface area (Å²) in [5.41, 5.74) is 0. The van der Waals surface area contributed by atoms with Crippen LogP contribution >= 0.6 is 0 Å². The minimum Gasteiger partial charge on any atom is -0.378 e. The van der Waals surface area contributed by atoms with Crippen LogP contribution < -0.4 is 0 Å². The van der Waals surface area contributed by atoms with Crippen molar-refractivity contribution in [2.24, 2.45) is 5.92 Å². The topological polar surface area (TPSA) is 68.5 Å². The van der Waals surface area contributed by atoms with Crippen molar-refractivity contribution in [1.29, 1.82) is 0 Å². The van der Waals surface area contributed by atoms with Gasteiger partial charge >= 0.3 is 0 Å². The molecule has 0 spiro atoms. The molecule has 6 heteroatoms. The fraction of sp³-hybridized carbons (Fsp3) is 0.800. The number of rotatable bonds is 5. The summed E-state index contributed by atoms with van der Waals surface area (Å²) in [6, 6.07) is -0.00312. The normalized spacial score (nSPS) is 31.7. The molecule has 6 nitrogen and oxygen atoms in total. The number of hydrogen-bond acceptors (Lipinski definition) is 5. The lowest BCUT2D eigenvalue weighted by Gasteiger charge is -2.22. The van der Waals surface area contributed by atoms with Gasteiger partial charge in [0.1, 0.15) is 0 Å². The molecule has 2 heterocycles. The molecular weight excluding hydrogens is 270 g/mol. The Bertz CT molecular complexity index is 540. The second-order valence-electron chi connectivity index (χ2n) is 6.29. The monoisotopic (exact) mass is 291 g/mol. The van der Waals surface area contributed by atoms with Gasteiger partial charge in [-0.05, 0) is 39.0 Å². The Labute approximate surface area is 123 Å². The molecule has 1 aromatic heterocycles. The first-order chi connectivity index (χ1) is 10.3. The summed E-state index contributed by atoms with van der Waals surface area (Å²) in [5.74, 6) is 2.15. The highest BCUT2D eigenvalue weighted by Gasteiger charge is 2.48. The molecule has 0 aromatic carbocycles. The van der Waals surface area contributed by atoms with E-state index < -0.39 is 0 Å². The number of ether oxygens (including phenoxy) is 1. The minimum atomic E-state index is -0.00312. The smallest absolute Gasteiger partial charge is 0.229 e. The van der Waals surface area contributed by atoms with Crippen molar-refractivity contribution in [3.05, 3.63) is 11.7 Å². The van der Waals surface area contributed by atoms with Gasteiger partial charge in [0.25, 0.3) is 0 Å². The second-order valence-corrected chi connectivity index (χ2v) is 6.29. The Morgan fingerprint density at radius 3 is 3.05 bits per heavy atom. The number of carbonyl (C=O) groups excluding carboxylic acids is 1. The van der Waals surface area contributed by atoms with E-state index in [1.54, 1.807) is 0 Å². The molecule has 3 fully saturated rings. The highest BCUT2D eigenvalue weighted by Crippen LogP contribution is 2.42. The third-order valence-corrected chi connectivity index (χ3v) is 4.65. The van der Waals surface area contributed by atoms with E-state index in [9.17, 15) is 4.79 Å². The van der Waals surface area contributed by atoms with Crippen LogP contribution in [0.1, 0.15) is 62.7 Å². The number of carbonyl (C=O) groups is 1. The van der Waals surface area contributed by atoms with E-state index in [4.69, 9.17) is 9.26 Å². The molecule has 21 heavy (non-hydrogen) atoms. The van der Waals surface area contributed by atoms with Crippen LogP contribution in [0.3, 0.4) is 0 Å². The van der Waals surface area contributed by atoms with E-state index in [1.807, 2.05) is 11.8 Å². The third-order valence-electron chi connectivity index (χ3n) is 4.65. The summed E-state index contributed by atoms with van der Waals surface area (Å²) in [4.78, 5) is 19.0. The molecule has 4 rings (SSSR count). The number of nitrogens with zero attached hydrogens (tertiary/aromatic N) is 3. The van der Waals surface area contributed by atoms with Gasteiger partial charge in [-0.15, -0.1) is 0 Å². The fourth-order valence-electron chi connectivity index (χ4n) is 3.22. The molecule has 3 aliphatic rings. The Balaban J connectivity index is 1.45. The molecule has 2 saturated carbocycles. The molecular formula is C15H21N3O3. The highest BCUT2D eigenvalue weighted by atomic mass is 16.5. The Morgan fingerprint density at radius 1 is 1.43 bits per heavy atom. The van der Waals surface area contributed by atoms with Crippen molar-refractivity contribution in [2.75, 3.05) is 13.2 Å². The molecule has 1 aromatic rings. The van der Waals surface area contributed by atoms with Gasteiger partial charge in [-0.1, -0.05) is 5.16 Å². The number of aromatic nitrogens is 2. The molecule has 0 radical (unpaired) electrons. The van der Waals surface area contributed by atoms with Crippen molar-refractivity contribution in [1.82, 2.24) is 15.0 Å². The minimum absolute atomic E-state index is 0.00312.